The van der Waals surface area contributed by atoms with Crippen LogP contribution >= 0.6 is 0 Å². The van der Waals surface area contributed by atoms with E-state index in [0.29, 0.717) is 12.5 Å². The van der Waals surface area contributed by atoms with E-state index in [-0.39, 0.29) is 5.91 Å². The summed E-state index contributed by atoms with van der Waals surface area (Å²) in [5.74, 6) is 1.84. The van der Waals surface area contributed by atoms with Gasteiger partial charge in [-0.1, -0.05) is 18.6 Å². The Bertz CT molecular complexity index is 454. The molecule has 0 heterocycles. The van der Waals surface area contributed by atoms with Crippen LogP contribution in [-0.4, -0.2) is 11.9 Å². The lowest BCUT2D eigenvalue weighted by Crippen LogP contribution is -2.38. The summed E-state index contributed by atoms with van der Waals surface area (Å²) < 4.78 is 0. The molecule has 2 aliphatic rings. The Balaban J connectivity index is 1.45. The number of carbonyl (C=O) groups excluding carboxylic acids is 1. The van der Waals surface area contributed by atoms with Crippen molar-refractivity contribution >= 4 is 11.6 Å². The molecule has 0 aromatic heterocycles. The average molecular weight is 258 g/mol. The van der Waals surface area contributed by atoms with Crippen molar-refractivity contribution in [3.8, 4) is 0 Å². The maximum Gasteiger partial charge on any atom is 0.220 e. The summed E-state index contributed by atoms with van der Waals surface area (Å²) >= 11 is 0. The number of carbonyl (C=O) groups is 1. The summed E-state index contributed by atoms with van der Waals surface area (Å²) in [5.41, 5.74) is 7.60. The van der Waals surface area contributed by atoms with Crippen molar-refractivity contribution in [1.29, 1.82) is 0 Å². The molecule has 2 bridgehead atoms. The van der Waals surface area contributed by atoms with Gasteiger partial charge in [-0.2, -0.15) is 0 Å². The van der Waals surface area contributed by atoms with Gasteiger partial charge in [-0.05, 0) is 55.2 Å². The average Bonchev–Trinajstić information content (AvgIpc) is 3.00. The molecule has 3 atom stereocenters. The molecule has 0 radical (unpaired) electrons. The van der Waals surface area contributed by atoms with Crippen molar-refractivity contribution in [2.75, 3.05) is 5.73 Å². The summed E-state index contributed by atoms with van der Waals surface area (Å²) in [6.45, 7) is 0. The molecule has 3 nitrogen and oxygen atoms in total. The SMILES string of the molecule is Nc1ccc(CCC(=O)NC2CC3CCC2C3)cc1. The minimum atomic E-state index is 0.203. The fraction of sp³-hybridized carbons (Fsp3) is 0.562. The van der Waals surface area contributed by atoms with Gasteiger partial charge in [-0.25, -0.2) is 0 Å². The monoisotopic (exact) mass is 258 g/mol. The molecular formula is C16H22N2O. The zero-order valence-corrected chi connectivity index (χ0v) is 11.3. The number of benzene rings is 1. The Morgan fingerprint density at radius 3 is 2.63 bits per heavy atom. The molecule has 1 amide bonds. The summed E-state index contributed by atoms with van der Waals surface area (Å²) in [4.78, 5) is 12.0. The first kappa shape index (κ1) is 12.5. The smallest absolute Gasteiger partial charge is 0.220 e. The minimum Gasteiger partial charge on any atom is -0.399 e. The first-order valence-corrected chi connectivity index (χ1v) is 7.34. The third kappa shape index (κ3) is 2.91. The number of aryl methyl sites for hydroxylation is 1. The second kappa shape index (κ2) is 5.24. The molecule has 3 rings (SSSR count). The first-order chi connectivity index (χ1) is 9.20. The third-order valence-corrected chi connectivity index (χ3v) is 4.70. The minimum absolute atomic E-state index is 0.203. The number of rotatable bonds is 4. The number of nitrogens with one attached hydrogen (secondary N) is 1. The maximum absolute atomic E-state index is 12.0. The topological polar surface area (TPSA) is 55.1 Å². The standard InChI is InChI=1S/C16H22N2O/c17-14-6-2-11(3-7-14)4-8-16(19)18-15-10-12-1-5-13(15)9-12/h2-3,6-7,12-13,15H,1,4-5,8-10,17H2,(H,18,19). The van der Waals surface area contributed by atoms with Crippen LogP contribution in [0.4, 0.5) is 5.69 Å². The van der Waals surface area contributed by atoms with Crippen LogP contribution in [0.3, 0.4) is 0 Å². The van der Waals surface area contributed by atoms with Crippen molar-refractivity contribution in [2.24, 2.45) is 11.8 Å². The molecule has 2 aliphatic carbocycles. The van der Waals surface area contributed by atoms with E-state index >= 15 is 0 Å². The van der Waals surface area contributed by atoms with E-state index in [1.165, 1.54) is 31.2 Å². The Morgan fingerprint density at radius 1 is 1.21 bits per heavy atom. The van der Waals surface area contributed by atoms with E-state index < -0.39 is 0 Å². The number of hydrogen-bond donors (Lipinski definition) is 2. The van der Waals surface area contributed by atoms with Crippen LogP contribution in [0.25, 0.3) is 0 Å². The molecule has 2 fully saturated rings. The van der Waals surface area contributed by atoms with Crippen LogP contribution in [0, 0.1) is 11.8 Å². The molecule has 0 saturated heterocycles. The maximum atomic E-state index is 12.0. The van der Waals surface area contributed by atoms with Crippen LogP contribution in [0.5, 0.6) is 0 Å². The number of amides is 1. The van der Waals surface area contributed by atoms with Gasteiger partial charge < -0.3 is 11.1 Å². The number of nitrogens with two attached hydrogens (primary N) is 1. The second-order valence-electron chi connectivity index (χ2n) is 6.09. The number of anilines is 1. The fourth-order valence-corrected chi connectivity index (χ4v) is 3.64. The van der Waals surface area contributed by atoms with Gasteiger partial charge in [0, 0.05) is 18.2 Å². The van der Waals surface area contributed by atoms with Gasteiger partial charge in [0.2, 0.25) is 5.91 Å². The lowest BCUT2D eigenvalue weighted by molar-refractivity contribution is -0.122. The van der Waals surface area contributed by atoms with Crippen LogP contribution in [0.1, 0.15) is 37.7 Å². The second-order valence-corrected chi connectivity index (χ2v) is 6.09. The molecule has 1 aromatic rings. The largest absolute Gasteiger partial charge is 0.399 e. The van der Waals surface area contributed by atoms with Gasteiger partial charge >= 0.3 is 0 Å². The Kier molecular flexibility index (Phi) is 3.45. The Labute approximate surface area is 114 Å². The van der Waals surface area contributed by atoms with Crippen molar-refractivity contribution in [1.82, 2.24) is 5.32 Å². The highest BCUT2D eigenvalue weighted by atomic mass is 16.1. The fourth-order valence-electron chi connectivity index (χ4n) is 3.64. The normalized spacial score (nSPS) is 28.5. The van der Waals surface area contributed by atoms with E-state index in [1.54, 1.807) is 0 Å². The highest BCUT2D eigenvalue weighted by Crippen LogP contribution is 2.44. The molecule has 3 heteroatoms. The molecule has 0 spiro atoms. The summed E-state index contributed by atoms with van der Waals surface area (Å²) in [7, 11) is 0. The summed E-state index contributed by atoms with van der Waals surface area (Å²) in [5, 5.41) is 3.23. The molecule has 102 valence electrons. The molecule has 3 unspecified atom stereocenters. The van der Waals surface area contributed by atoms with Crippen molar-refractivity contribution < 1.29 is 4.79 Å². The number of nitrogen functional groups attached to an aromatic ring is 1. The molecular weight excluding hydrogens is 236 g/mol. The molecule has 0 aliphatic heterocycles. The predicted octanol–water partition coefficient (Wildman–Crippen LogP) is 2.51. The molecule has 3 N–H and O–H groups in total. The van der Waals surface area contributed by atoms with E-state index in [2.05, 4.69) is 5.32 Å². The first-order valence-electron chi connectivity index (χ1n) is 7.34. The van der Waals surface area contributed by atoms with E-state index in [1.807, 2.05) is 24.3 Å². The lowest BCUT2D eigenvalue weighted by Gasteiger charge is -2.22. The van der Waals surface area contributed by atoms with Crippen molar-refractivity contribution in [3.63, 3.8) is 0 Å². The highest BCUT2D eigenvalue weighted by molar-refractivity contribution is 5.76. The van der Waals surface area contributed by atoms with E-state index in [4.69, 9.17) is 5.73 Å². The summed E-state index contributed by atoms with van der Waals surface area (Å²) in [6, 6.07) is 8.24. The van der Waals surface area contributed by atoms with Gasteiger partial charge in [0.15, 0.2) is 0 Å². The molecule has 19 heavy (non-hydrogen) atoms. The van der Waals surface area contributed by atoms with Gasteiger partial charge in [-0.3, -0.25) is 4.79 Å². The quantitative estimate of drug-likeness (QED) is 0.815. The van der Waals surface area contributed by atoms with Gasteiger partial charge in [0.1, 0.15) is 0 Å². The lowest BCUT2D eigenvalue weighted by atomic mass is 9.95. The van der Waals surface area contributed by atoms with E-state index in [9.17, 15) is 4.79 Å². The third-order valence-electron chi connectivity index (χ3n) is 4.70. The van der Waals surface area contributed by atoms with E-state index in [0.717, 1.165) is 23.9 Å². The number of hydrogen-bond acceptors (Lipinski definition) is 2. The zero-order chi connectivity index (χ0) is 13.2. The van der Waals surface area contributed by atoms with Gasteiger partial charge in [0.05, 0.1) is 0 Å². The zero-order valence-electron chi connectivity index (χ0n) is 11.3. The van der Waals surface area contributed by atoms with Gasteiger partial charge in [0.25, 0.3) is 0 Å². The van der Waals surface area contributed by atoms with Crippen LogP contribution < -0.4 is 11.1 Å². The van der Waals surface area contributed by atoms with Crippen LogP contribution in [0.2, 0.25) is 0 Å². The molecule has 1 aromatic carbocycles. The van der Waals surface area contributed by atoms with Crippen molar-refractivity contribution in [2.45, 2.75) is 44.6 Å². The Morgan fingerprint density at radius 2 is 2.00 bits per heavy atom. The summed E-state index contributed by atoms with van der Waals surface area (Å²) in [6.07, 6.45) is 6.61. The van der Waals surface area contributed by atoms with Crippen molar-refractivity contribution in [3.05, 3.63) is 29.8 Å². The van der Waals surface area contributed by atoms with Gasteiger partial charge in [-0.15, -0.1) is 0 Å². The van der Waals surface area contributed by atoms with Crippen LogP contribution in [-0.2, 0) is 11.2 Å². The highest BCUT2D eigenvalue weighted by Gasteiger charge is 2.39. The predicted molar refractivity (Wildman–Crippen MR) is 76.6 cm³/mol. The number of fused-ring (bicyclic) bond motifs is 2. The molecule has 2 saturated carbocycles. The Hall–Kier alpha value is -1.51. The van der Waals surface area contributed by atoms with Crippen LogP contribution in [0.15, 0.2) is 24.3 Å².